The van der Waals surface area contributed by atoms with Crippen molar-refractivity contribution in [1.29, 1.82) is 0 Å². The van der Waals surface area contributed by atoms with Crippen LogP contribution in [-0.2, 0) is 0 Å². The number of benzene rings is 1. The van der Waals surface area contributed by atoms with Crippen molar-refractivity contribution in [3.63, 3.8) is 0 Å². The Morgan fingerprint density at radius 2 is 1.94 bits per heavy atom. The van der Waals surface area contributed by atoms with Crippen LogP contribution in [0.4, 0.5) is 20.2 Å². The molecule has 1 aromatic heterocycles. The van der Waals surface area contributed by atoms with Crippen LogP contribution in [0.1, 0.15) is 0 Å². The van der Waals surface area contributed by atoms with Gasteiger partial charge < -0.3 is 5.32 Å². The molecular weight excluding hydrogens is 325 g/mol. The first-order chi connectivity index (χ1) is 7.65. The molecule has 16 heavy (non-hydrogen) atoms. The van der Waals surface area contributed by atoms with Crippen molar-refractivity contribution in [1.82, 2.24) is 4.98 Å². The zero-order valence-electron chi connectivity index (χ0n) is 8.05. The van der Waals surface area contributed by atoms with E-state index >= 15 is 0 Å². The van der Waals surface area contributed by atoms with Crippen LogP contribution in [0, 0.1) is 15.3 Å². The number of anilines is 2. The number of nitrogens with one attached hydrogen (secondary N) is 1. The van der Waals surface area contributed by atoms with Crippen molar-refractivity contribution in [3.05, 3.63) is 51.9 Å². The zero-order chi connectivity index (χ0) is 11.5. The second-order valence-electron chi connectivity index (χ2n) is 3.12. The number of nitrogens with zero attached hydrogens (tertiary/aromatic N) is 1. The molecule has 0 aliphatic carbocycles. The first-order valence-corrected chi connectivity index (χ1v) is 5.56. The summed E-state index contributed by atoms with van der Waals surface area (Å²) in [5, 5.41) is 2.99. The van der Waals surface area contributed by atoms with E-state index in [9.17, 15) is 8.78 Å². The molecule has 0 aliphatic heterocycles. The quantitative estimate of drug-likeness (QED) is 0.670. The predicted molar refractivity (Wildman–Crippen MR) is 66.6 cm³/mol. The lowest BCUT2D eigenvalue weighted by Crippen LogP contribution is -1.95. The summed E-state index contributed by atoms with van der Waals surface area (Å²) in [6, 6.07) is 7.28. The van der Waals surface area contributed by atoms with E-state index in [0.29, 0.717) is 5.69 Å². The number of halogens is 3. The predicted octanol–water partition coefficient (Wildman–Crippen LogP) is 3.71. The van der Waals surface area contributed by atoms with Crippen molar-refractivity contribution in [2.75, 3.05) is 5.32 Å². The monoisotopic (exact) mass is 332 g/mol. The fourth-order valence-corrected chi connectivity index (χ4v) is 1.84. The molecule has 0 radical (unpaired) electrons. The lowest BCUT2D eigenvalue weighted by molar-refractivity contribution is 0.584. The average molecular weight is 332 g/mol. The van der Waals surface area contributed by atoms with Gasteiger partial charge in [0.05, 0.1) is 5.69 Å². The minimum absolute atomic E-state index is 0.296. The second-order valence-corrected chi connectivity index (χ2v) is 4.28. The van der Waals surface area contributed by atoms with Crippen LogP contribution >= 0.6 is 22.6 Å². The lowest BCUT2D eigenvalue weighted by atomic mass is 10.3. The molecule has 2 nitrogen and oxygen atoms in total. The molecule has 0 fully saturated rings. The van der Waals surface area contributed by atoms with E-state index in [4.69, 9.17) is 0 Å². The van der Waals surface area contributed by atoms with Gasteiger partial charge in [-0.2, -0.15) is 4.39 Å². The summed E-state index contributed by atoms with van der Waals surface area (Å²) in [5.41, 5.74) is 1.31. The smallest absolute Gasteiger partial charge is 0.214 e. The second kappa shape index (κ2) is 4.73. The van der Waals surface area contributed by atoms with Gasteiger partial charge in [-0.1, -0.05) is 0 Å². The average Bonchev–Trinajstić information content (AvgIpc) is 2.22. The van der Waals surface area contributed by atoms with Crippen LogP contribution in [0.3, 0.4) is 0 Å². The molecule has 0 amide bonds. The summed E-state index contributed by atoms with van der Waals surface area (Å²) in [6.45, 7) is 0. The third-order valence-corrected chi connectivity index (χ3v) is 2.83. The molecule has 0 bridgehead atoms. The summed E-state index contributed by atoms with van der Waals surface area (Å²) >= 11 is 2.01. The van der Waals surface area contributed by atoms with Gasteiger partial charge in [0.15, 0.2) is 0 Å². The van der Waals surface area contributed by atoms with E-state index in [1.54, 1.807) is 12.1 Å². The van der Waals surface area contributed by atoms with E-state index in [1.165, 1.54) is 24.4 Å². The summed E-state index contributed by atoms with van der Waals surface area (Å²) in [4.78, 5) is 3.45. The molecule has 2 aromatic rings. The standard InChI is InChI=1S/C11H7F2IN2/c12-7-1-2-10(9(14)5-7)16-8-3-4-15-11(13)6-8/h1-6H,(H,15,16). The zero-order valence-corrected chi connectivity index (χ0v) is 10.2. The fourth-order valence-electron chi connectivity index (χ4n) is 1.23. The van der Waals surface area contributed by atoms with E-state index < -0.39 is 5.95 Å². The minimum Gasteiger partial charge on any atom is -0.354 e. The highest BCUT2D eigenvalue weighted by atomic mass is 127. The summed E-state index contributed by atoms with van der Waals surface area (Å²) < 4.78 is 26.4. The third kappa shape index (κ3) is 2.66. The molecule has 0 saturated carbocycles. The van der Waals surface area contributed by atoms with E-state index in [-0.39, 0.29) is 5.82 Å². The first kappa shape index (κ1) is 11.3. The van der Waals surface area contributed by atoms with Crippen LogP contribution in [0.2, 0.25) is 0 Å². The SMILES string of the molecule is Fc1ccc(Nc2ccnc(F)c2)c(I)c1. The Balaban J connectivity index is 2.27. The molecule has 2 rings (SSSR count). The molecule has 1 aromatic carbocycles. The Morgan fingerprint density at radius 3 is 2.62 bits per heavy atom. The van der Waals surface area contributed by atoms with E-state index in [1.807, 2.05) is 22.6 Å². The Bertz CT molecular complexity index is 517. The van der Waals surface area contributed by atoms with E-state index in [0.717, 1.165) is 9.26 Å². The van der Waals surface area contributed by atoms with Crippen LogP contribution in [-0.4, -0.2) is 4.98 Å². The topological polar surface area (TPSA) is 24.9 Å². The molecule has 82 valence electrons. The van der Waals surface area contributed by atoms with Gasteiger partial charge in [-0.3, -0.25) is 0 Å². The highest BCUT2D eigenvalue weighted by molar-refractivity contribution is 14.1. The van der Waals surface area contributed by atoms with Gasteiger partial charge >= 0.3 is 0 Å². The molecule has 0 atom stereocenters. The molecule has 0 aliphatic rings. The molecule has 5 heteroatoms. The van der Waals surface area contributed by atoms with Gasteiger partial charge in [0, 0.05) is 21.5 Å². The fraction of sp³-hybridized carbons (Fsp3) is 0. The van der Waals surface area contributed by atoms with Crippen LogP contribution < -0.4 is 5.32 Å². The van der Waals surface area contributed by atoms with Crippen LogP contribution in [0.5, 0.6) is 0 Å². The summed E-state index contributed by atoms with van der Waals surface area (Å²) in [7, 11) is 0. The summed E-state index contributed by atoms with van der Waals surface area (Å²) in [5.74, 6) is -0.849. The third-order valence-electron chi connectivity index (χ3n) is 1.94. The van der Waals surface area contributed by atoms with Crippen molar-refractivity contribution < 1.29 is 8.78 Å². The van der Waals surface area contributed by atoms with Crippen LogP contribution in [0.15, 0.2) is 36.5 Å². The number of aromatic nitrogens is 1. The Morgan fingerprint density at radius 1 is 1.12 bits per heavy atom. The number of hydrogen-bond acceptors (Lipinski definition) is 2. The maximum absolute atomic E-state index is 12.8. The highest BCUT2D eigenvalue weighted by Crippen LogP contribution is 2.23. The number of hydrogen-bond donors (Lipinski definition) is 1. The molecule has 0 spiro atoms. The Kier molecular flexibility index (Phi) is 3.33. The number of pyridine rings is 1. The molecule has 1 N–H and O–H groups in total. The number of rotatable bonds is 2. The molecule has 0 unspecified atom stereocenters. The van der Waals surface area contributed by atoms with Crippen molar-refractivity contribution in [2.45, 2.75) is 0 Å². The maximum atomic E-state index is 12.8. The Labute approximate surface area is 105 Å². The molecular formula is C11H7F2IN2. The van der Waals surface area contributed by atoms with Crippen molar-refractivity contribution >= 4 is 34.0 Å². The van der Waals surface area contributed by atoms with Crippen LogP contribution in [0.25, 0.3) is 0 Å². The minimum atomic E-state index is -0.554. The lowest BCUT2D eigenvalue weighted by Gasteiger charge is -2.08. The molecule has 0 saturated heterocycles. The first-order valence-electron chi connectivity index (χ1n) is 4.49. The maximum Gasteiger partial charge on any atom is 0.214 e. The summed E-state index contributed by atoms with van der Waals surface area (Å²) in [6.07, 6.45) is 1.37. The molecule has 1 heterocycles. The van der Waals surface area contributed by atoms with Gasteiger partial charge in [-0.15, -0.1) is 0 Å². The van der Waals surface area contributed by atoms with Gasteiger partial charge in [-0.05, 0) is 46.9 Å². The normalized spacial score (nSPS) is 10.2. The van der Waals surface area contributed by atoms with Gasteiger partial charge in [0.1, 0.15) is 5.82 Å². The largest absolute Gasteiger partial charge is 0.354 e. The van der Waals surface area contributed by atoms with Gasteiger partial charge in [-0.25, -0.2) is 9.37 Å². The van der Waals surface area contributed by atoms with Gasteiger partial charge in [0.25, 0.3) is 0 Å². The highest BCUT2D eigenvalue weighted by Gasteiger charge is 2.02. The van der Waals surface area contributed by atoms with Crippen molar-refractivity contribution in [3.8, 4) is 0 Å². The van der Waals surface area contributed by atoms with Gasteiger partial charge in [0.2, 0.25) is 5.95 Å². The Hall–Kier alpha value is -1.24. The van der Waals surface area contributed by atoms with Crippen molar-refractivity contribution in [2.24, 2.45) is 0 Å². The van der Waals surface area contributed by atoms with E-state index in [2.05, 4.69) is 10.3 Å².